The quantitative estimate of drug-likeness (QED) is 0.896. The molecule has 0 unspecified atom stereocenters. The van der Waals surface area contributed by atoms with E-state index in [1.165, 1.54) is 19.3 Å². The number of hydrogen-bond donors (Lipinski definition) is 1. The lowest BCUT2D eigenvalue weighted by Gasteiger charge is -2.28. The molecular weight excluding hydrogens is 258 g/mol. The molecule has 0 bridgehead atoms. The summed E-state index contributed by atoms with van der Waals surface area (Å²) in [6, 6.07) is 2.05. The van der Waals surface area contributed by atoms with Gasteiger partial charge in [-0.25, -0.2) is 4.98 Å². The minimum Gasteiger partial charge on any atom is -0.355 e. The van der Waals surface area contributed by atoms with Crippen molar-refractivity contribution in [1.29, 1.82) is 0 Å². The van der Waals surface area contributed by atoms with Gasteiger partial charge in [-0.1, -0.05) is 25.4 Å². The normalized spacial score (nSPS) is 16.1. The van der Waals surface area contributed by atoms with Gasteiger partial charge < -0.3 is 10.2 Å². The summed E-state index contributed by atoms with van der Waals surface area (Å²) in [5, 5.41) is 4.20. The monoisotopic (exact) mass is 281 g/mol. The summed E-state index contributed by atoms with van der Waals surface area (Å²) < 4.78 is 0. The van der Waals surface area contributed by atoms with Crippen LogP contribution in [0, 0.1) is 5.92 Å². The number of nitrogens with one attached hydrogen (secondary N) is 1. The van der Waals surface area contributed by atoms with E-state index in [9.17, 15) is 0 Å². The molecule has 1 fully saturated rings. The van der Waals surface area contributed by atoms with Crippen LogP contribution in [0.4, 0.5) is 5.82 Å². The van der Waals surface area contributed by atoms with Gasteiger partial charge in [-0.3, -0.25) is 0 Å². The Morgan fingerprint density at radius 3 is 2.68 bits per heavy atom. The third kappa shape index (κ3) is 4.36. The molecule has 0 radical (unpaired) electrons. The number of anilines is 1. The van der Waals surface area contributed by atoms with Crippen LogP contribution in [0.15, 0.2) is 12.3 Å². The van der Waals surface area contributed by atoms with Gasteiger partial charge in [0.25, 0.3) is 0 Å². The molecule has 1 saturated heterocycles. The first-order chi connectivity index (χ1) is 9.16. The molecule has 0 aliphatic carbocycles. The lowest BCUT2D eigenvalue weighted by Crippen LogP contribution is -2.30. The molecule has 106 valence electrons. The van der Waals surface area contributed by atoms with Gasteiger partial charge in [0, 0.05) is 25.8 Å². The predicted molar refractivity (Wildman–Crippen MR) is 81.9 cm³/mol. The van der Waals surface area contributed by atoms with Crippen molar-refractivity contribution in [2.45, 2.75) is 39.7 Å². The number of halogens is 1. The Morgan fingerprint density at radius 1 is 1.32 bits per heavy atom. The SMILES string of the molecule is CC(C)CNCc1cnc(N2CCCCC2)c(Cl)c1. The van der Waals surface area contributed by atoms with Gasteiger partial charge >= 0.3 is 0 Å². The van der Waals surface area contributed by atoms with Crippen molar-refractivity contribution in [2.24, 2.45) is 5.92 Å². The minimum absolute atomic E-state index is 0.663. The van der Waals surface area contributed by atoms with Crippen molar-refractivity contribution in [2.75, 3.05) is 24.5 Å². The van der Waals surface area contributed by atoms with E-state index in [1.807, 2.05) is 12.3 Å². The van der Waals surface area contributed by atoms with Crippen molar-refractivity contribution >= 4 is 17.4 Å². The zero-order valence-corrected chi connectivity index (χ0v) is 12.7. The van der Waals surface area contributed by atoms with E-state index >= 15 is 0 Å². The molecule has 0 amide bonds. The Balaban J connectivity index is 1.96. The topological polar surface area (TPSA) is 28.2 Å². The number of pyridine rings is 1. The van der Waals surface area contributed by atoms with E-state index in [1.54, 1.807) is 0 Å². The smallest absolute Gasteiger partial charge is 0.147 e. The summed E-state index contributed by atoms with van der Waals surface area (Å²) in [5.74, 6) is 1.62. The maximum atomic E-state index is 6.37. The molecule has 4 heteroatoms. The molecule has 1 N–H and O–H groups in total. The van der Waals surface area contributed by atoms with Crippen LogP contribution in [-0.4, -0.2) is 24.6 Å². The Bertz CT molecular complexity index is 400. The third-order valence-corrected chi connectivity index (χ3v) is 3.69. The lowest BCUT2D eigenvalue weighted by atomic mass is 10.1. The van der Waals surface area contributed by atoms with E-state index < -0.39 is 0 Å². The lowest BCUT2D eigenvalue weighted by molar-refractivity contribution is 0.551. The molecular formula is C15H24ClN3. The first-order valence-corrected chi connectivity index (χ1v) is 7.64. The summed E-state index contributed by atoms with van der Waals surface area (Å²) in [6.45, 7) is 8.43. The molecule has 1 aromatic rings. The molecule has 1 aliphatic rings. The van der Waals surface area contributed by atoms with Crippen molar-refractivity contribution in [1.82, 2.24) is 10.3 Å². The second kappa shape index (κ2) is 7.11. The van der Waals surface area contributed by atoms with E-state index in [4.69, 9.17) is 11.6 Å². The molecule has 2 rings (SSSR count). The number of piperidine rings is 1. The van der Waals surface area contributed by atoms with Crippen molar-refractivity contribution in [3.8, 4) is 0 Å². The van der Waals surface area contributed by atoms with Crippen LogP contribution in [0.2, 0.25) is 5.02 Å². The Labute approximate surface area is 121 Å². The largest absolute Gasteiger partial charge is 0.355 e. The van der Waals surface area contributed by atoms with Gasteiger partial charge in [0.1, 0.15) is 5.82 Å². The molecule has 0 saturated carbocycles. The third-order valence-electron chi connectivity index (χ3n) is 3.42. The number of nitrogens with zero attached hydrogens (tertiary/aromatic N) is 2. The highest BCUT2D eigenvalue weighted by atomic mass is 35.5. The standard InChI is InChI=1S/C15H24ClN3/c1-12(2)9-17-10-13-8-14(16)15(18-11-13)19-6-4-3-5-7-19/h8,11-12,17H,3-7,9-10H2,1-2H3. The molecule has 0 spiro atoms. The van der Waals surface area contributed by atoms with Gasteiger partial charge in [-0.15, -0.1) is 0 Å². The van der Waals surface area contributed by atoms with Crippen molar-refractivity contribution < 1.29 is 0 Å². The second-order valence-electron chi connectivity index (χ2n) is 5.72. The zero-order valence-electron chi connectivity index (χ0n) is 12.0. The van der Waals surface area contributed by atoms with Crippen molar-refractivity contribution in [3.05, 3.63) is 22.8 Å². The highest BCUT2D eigenvalue weighted by molar-refractivity contribution is 6.33. The fraction of sp³-hybridized carbons (Fsp3) is 0.667. The van der Waals surface area contributed by atoms with Gasteiger partial charge in [-0.2, -0.15) is 0 Å². The van der Waals surface area contributed by atoms with Gasteiger partial charge in [0.05, 0.1) is 5.02 Å². The van der Waals surface area contributed by atoms with E-state index in [0.717, 1.165) is 42.6 Å². The average Bonchev–Trinajstić information content (AvgIpc) is 2.39. The molecule has 19 heavy (non-hydrogen) atoms. The van der Waals surface area contributed by atoms with E-state index in [-0.39, 0.29) is 0 Å². The first-order valence-electron chi connectivity index (χ1n) is 7.27. The second-order valence-corrected chi connectivity index (χ2v) is 6.13. The molecule has 0 atom stereocenters. The van der Waals surface area contributed by atoms with Gasteiger partial charge in [0.15, 0.2) is 0 Å². The molecule has 0 aromatic carbocycles. The Morgan fingerprint density at radius 2 is 2.05 bits per heavy atom. The zero-order chi connectivity index (χ0) is 13.7. The average molecular weight is 282 g/mol. The van der Waals surface area contributed by atoms with Gasteiger partial charge in [0.2, 0.25) is 0 Å². The van der Waals surface area contributed by atoms with Crippen LogP contribution in [0.5, 0.6) is 0 Å². The molecule has 1 aromatic heterocycles. The van der Waals surface area contributed by atoms with Gasteiger partial charge in [-0.05, 0) is 43.4 Å². The summed E-state index contributed by atoms with van der Waals surface area (Å²) in [7, 11) is 0. The van der Waals surface area contributed by atoms with E-state index in [2.05, 4.69) is 29.0 Å². The van der Waals surface area contributed by atoms with Crippen molar-refractivity contribution in [3.63, 3.8) is 0 Å². The molecule has 1 aliphatic heterocycles. The van der Waals surface area contributed by atoms with Crippen LogP contribution in [0.1, 0.15) is 38.7 Å². The highest BCUT2D eigenvalue weighted by Crippen LogP contribution is 2.26. The predicted octanol–water partition coefficient (Wildman–Crippen LogP) is 3.47. The minimum atomic E-state index is 0.663. The van der Waals surface area contributed by atoms with Crippen LogP contribution in [-0.2, 0) is 6.54 Å². The van der Waals surface area contributed by atoms with Crippen LogP contribution >= 0.6 is 11.6 Å². The highest BCUT2D eigenvalue weighted by Gasteiger charge is 2.15. The first kappa shape index (κ1) is 14.6. The summed E-state index contributed by atoms with van der Waals surface area (Å²) in [6.07, 6.45) is 5.76. The Hall–Kier alpha value is -0.800. The van der Waals surface area contributed by atoms with Crippen LogP contribution in [0.3, 0.4) is 0 Å². The number of rotatable bonds is 5. The molecule has 3 nitrogen and oxygen atoms in total. The van der Waals surface area contributed by atoms with Crippen LogP contribution < -0.4 is 10.2 Å². The number of hydrogen-bond acceptors (Lipinski definition) is 3. The summed E-state index contributed by atoms with van der Waals surface area (Å²) in [5.41, 5.74) is 1.16. The maximum Gasteiger partial charge on any atom is 0.147 e. The fourth-order valence-corrected chi connectivity index (χ4v) is 2.72. The fourth-order valence-electron chi connectivity index (χ4n) is 2.41. The number of aromatic nitrogens is 1. The summed E-state index contributed by atoms with van der Waals surface area (Å²) >= 11 is 6.37. The van der Waals surface area contributed by atoms with E-state index in [0.29, 0.717) is 5.92 Å². The van der Waals surface area contributed by atoms with Crippen LogP contribution in [0.25, 0.3) is 0 Å². The molecule has 2 heterocycles. The Kier molecular flexibility index (Phi) is 5.46. The summed E-state index contributed by atoms with van der Waals surface area (Å²) in [4.78, 5) is 6.86. The maximum absolute atomic E-state index is 6.37.